The molecule has 94 valence electrons. The summed E-state index contributed by atoms with van der Waals surface area (Å²) in [6.45, 7) is 3.87. The van der Waals surface area contributed by atoms with Gasteiger partial charge in [0, 0.05) is 11.3 Å². The highest BCUT2D eigenvalue weighted by atomic mass is 32.1. The molecule has 0 aliphatic heterocycles. The van der Waals surface area contributed by atoms with E-state index in [2.05, 4.69) is 5.32 Å². The fraction of sp³-hybridized carbons (Fsp3) is 0.214. The Kier molecular flexibility index (Phi) is 3.67. The van der Waals surface area contributed by atoms with E-state index in [-0.39, 0.29) is 11.9 Å². The van der Waals surface area contributed by atoms with Gasteiger partial charge in [-0.3, -0.25) is 4.79 Å². The molecule has 2 rings (SSSR count). The van der Waals surface area contributed by atoms with E-state index >= 15 is 0 Å². The number of anilines is 1. The van der Waals surface area contributed by atoms with Crippen molar-refractivity contribution in [3.8, 4) is 0 Å². The molecular formula is C14H16N2OS. The van der Waals surface area contributed by atoms with E-state index in [0.29, 0.717) is 11.3 Å². The monoisotopic (exact) mass is 260 g/mol. The molecule has 1 aromatic carbocycles. The van der Waals surface area contributed by atoms with E-state index in [1.54, 1.807) is 23.5 Å². The second-order valence-corrected chi connectivity index (χ2v) is 5.10. The van der Waals surface area contributed by atoms with E-state index in [1.807, 2.05) is 36.7 Å². The maximum atomic E-state index is 12.1. The number of nitrogens with two attached hydrogens (primary N) is 1. The van der Waals surface area contributed by atoms with Crippen LogP contribution in [0.15, 0.2) is 35.0 Å². The molecule has 1 amide bonds. The van der Waals surface area contributed by atoms with Gasteiger partial charge >= 0.3 is 0 Å². The number of hydrogen-bond acceptors (Lipinski definition) is 3. The van der Waals surface area contributed by atoms with Crippen LogP contribution >= 0.6 is 11.3 Å². The van der Waals surface area contributed by atoms with Crippen LogP contribution in [0.2, 0.25) is 0 Å². The Hall–Kier alpha value is -1.81. The molecule has 0 spiro atoms. The largest absolute Gasteiger partial charge is 0.399 e. The second-order valence-electron chi connectivity index (χ2n) is 4.32. The first-order chi connectivity index (χ1) is 8.58. The molecule has 18 heavy (non-hydrogen) atoms. The molecule has 1 atom stereocenters. The fourth-order valence-corrected chi connectivity index (χ4v) is 2.46. The van der Waals surface area contributed by atoms with Crippen molar-refractivity contribution >= 4 is 22.9 Å². The van der Waals surface area contributed by atoms with Crippen LogP contribution in [0.25, 0.3) is 0 Å². The first-order valence-electron chi connectivity index (χ1n) is 5.77. The molecule has 0 bridgehead atoms. The summed E-state index contributed by atoms with van der Waals surface area (Å²) in [5.41, 5.74) is 9.13. The average molecular weight is 260 g/mol. The van der Waals surface area contributed by atoms with Gasteiger partial charge in [0.25, 0.3) is 5.91 Å². The molecule has 0 radical (unpaired) electrons. The van der Waals surface area contributed by atoms with Crippen molar-refractivity contribution in [3.05, 3.63) is 51.7 Å². The zero-order valence-corrected chi connectivity index (χ0v) is 11.3. The summed E-state index contributed by atoms with van der Waals surface area (Å²) >= 11 is 1.63. The lowest BCUT2D eigenvalue weighted by Crippen LogP contribution is -2.26. The minimum Gasteiger partial charge on any atom is -0.399 e. The van der Waals surface area contributed by atoms with Gasteiger partial charge < -0.3 is 11.1 Å². The molecule has 1 unspecified atom stereocenters. The molecule has 0 aliphatic rings. The molecule has 3 N–H and O–H groups in total. The Balaban J connectivity index is 2.10. The number of thiophene rings is 1. The van der Waals surface area contributed by atoms with E-state index in [0.717, 1.165) is 11.1 Å². The van der Waals surface area contributed by atoms with Crippen molar-refractivity contribution in [1.29, 1.82) is 0 Å². The van der Waals surface area contributed by atoms with Crippen molar-refractivity contribution in [3.63, 3.8) is 0 Å². The van der Waals surface area contributed by atoms with Crippen molar-refractivity contribution in [1.82, 2.24) is 5.32 Å². The van der Waals surface area contributed by atoms with Crippen LogP contribution in [0.1, 0.15) is 34.5 Å². The van der Waals surface area contributed by atoms with Crippen LogP contribution in [0.5, 0.6) is 0 Å². The summed E-state index contributed by atoms with van der Waals surface area (Å²) in [5.74, 6) is -0.0724. The molecule has 2 aromatic rings. The van der Waals surface area contributed by atoms with Crippen molar-refractivity contribution in [2.75, 3.05) is 5.73 Å². The molecule has 0 saturated carbocycles. The number of hydrogen-bond donors (Lipinski definition) is 2. The fourth-order valence-electron chi connectivity index (χ4n) is 1.70. The molecule has 0 saturated heterocycles. The lowest BCUT2D eigenvalue weighted by atomic mass is 10.1. The number of nitrogens with one attached hydrogen (secondary N) is 1. The topological polar surface area (TPSA) is 55.1 Å². The van der Waals surface area contributed by atoms with Gasteiger partial charge in [0.2, 0.25) is 0 Å². The van der Waals surface area contributed by atoms with E-state index < -0.39 is 0 Å². The number of amides is 1. The number of carbonyl (C=O) groups excluding carboxylic acids is 1. The predicted octanol–water partition coefficient (Wildman–Crippen LogP) is 3.13. The molecular weight excluding hydrogens is 244 g/mol. The van der Waals surface area contributed by atoms with Gasteiger partial charge in [-0.25, -0.2) is 0 Å². The van der Waals surface area contributed by atoms with Crippen molar-refractivity contribution in [2.45, 2.75) is 19.9 Å². The summed E-state index contributed by atoms with van der Waals surface area (Å²) in [4.78, 5) is 12.1. The number of benzene rings is 1. The van der Waals surface area contributed by atoms with Crippen molar-refractivity contribution in [2.24, 2.45) is 0 Å². The van der Waals surface area contributed by atoms with Gasteiger partial charge in [-0.05, 0) is 60.0 Å². The number of rotatable bonds is 3. The van der Waals surface area contributed by atoms with Gasteiger partial charge in [-0.15, -0.1) is 0 Å². The molecule has 4 heteroatoms. The molecule has 3 nitrogen and oxygen atoms in total. The Morgan fingerprint density at radius 1 is 1.39 bits per heavy atom. The minimum atomic E-state index is -0.0724. The second kappa shape index (κ2) is 5.23. The number of carbonyl (C=O) groups is 1. The van der Waals surface area contributed by atoms with Crippen molar-refractivity contribution < 1.29 is 4.79 Å². The zero-order chi connectivity index (χ0) is 13.1. The lowest BCUT2D eigenvalue weighted by Gasteiger charge is -2.13. The number of aryl methyl sites for hydroxylation is 1. The third-order valence-corrected chi connectivity index (χ3v) is 3.62. The first kappa shape index (κ1) is 12.6. The van der Waals surface area contributed by atoms with E-state index in [9.17, 15) is 4.79 Å². The standard InChI is InChI=1S/C14H16N2OS/c1-9-7-11(3-4-13(9)15)14(17)16-10(2)12-5-6-18-8-12/h3-8,10H,15H2,1-2H3,(H,16,17). The normalized spacial score (nSPS) is 12.1. The SMILES string of the molecule is Cc1cc(C(=O)NC(C)c2ccsc2)ccc1N. The molecule has 1 aromatic heterocycles. The van der Waals surface area contributed by atoms with Crippen LogP contribution in [0.3, 0.4) is 0 Å². The minimum absolute atomic E-state index is 0.0154. The molecule has 1 heterocycles. The van der Waals surface area contributed by atoms with E-state index in [4.69, 9.17) is 5.73 Å². The average Bonchev–Trinajstić information content (AvgIpc) is 2.86. The quantitative estimate of drug-likeness (QED) is 0.833. The Bertz CT molecular complexity index is 549. The maximum Gasteiger partial charge on any atom is 0.251 e. The summed E-state index contributed by atoms with van der Waals surface area (Å²) in [5, 5.41) is 7.02. The van der Waals surface area contributed by atoms with Gasteiger partial charge in [-0.1, -0.05) is 0 Å². The third-order valence-electron chi connectivity index (χ3n) is 2.92. The smallest absolute Gasteiger partial charge is 0.251 e. The molecule has 0 fully saturated rings. The highest BCUT2D eigenvalue weighted by Crippen LogP contribution is 2.17. The van der Waals surface area contributed by atoms with Gasteiger partial charge in [0.1, 0.15) is 0 Å². The highest BCUT2D eigenvalue weighted by molar-refractivity contribution is 7.07. The maximum absolute atomic E-state index is 12.1. The Morgan fingerprint density at radius 3 is 2.78 bits per heavy atom. The Morgan fingerprint density at radius 2 is 2.17 bits per heavy atom. The van der Waals surface area contributed by atoms with Gasteiger partial charge in [0.05, 0.1) is 6.04 Å². The number of nitrogen functional groups attached to an aromatic ring is 1. The lowest BCUT2D eigenvalue weighted by molar-refractivity contribution is 0.0940. The van der Waals surface area contributed by atoms with Crippen LogP contribution in [0.4, 0.5) is 5.69 Å². The summed E-state index contributed by atoms with van der Waals surface area (Å²) in [6.07, 6.45) is 0. The predicted molar refractivity (Wildman–Crippen MR) is 75.8 cm³/mol. The van der Waals surface area contributed by atoms with Crippen LogP contribution in [0, 0.1) is 6.92 Å². The molecule has 0 aliphatic carbocycles. The Labute approximate surface area is 111 Å². The zero-order valence-electron chi connectivity index (χ0n) is 10.4. The summed E-state index contributed by atoms with van der Waals surface area (Å²) in [7, 11) is 0. The van der Waals surface area contributed by atoms with Gasteiger partial charge in [-0.2, -0.15) is 11.3 Å². The van der Waals surface area contributed by atoms with Crippen LogP contribution < -0.4 is 11.1 Å². The van der Waals surface area contributed by atoms with Gasteiger partial charge in [0.15, 0.2) is 0 Å². The summed E-state index contributed by atoms with van der Waals surface area (Å²) < 4.78 is 0. The first-order valence-corrected chi connectivity index (χ1v) is 6.71. The van der Waals surface area contributed by atoms with Crippen LogP contribution in [-0.2, 0) is 0 Å². The van der Waals surface area contributed by atoms with E-state index in [1.165, 1.54) is 0 Å². The summed E-state index contributed by atoms with van der Waals surface area (Å²) in [6, 6.07) is 7.36. The third kappa shape index (κ3) is 2.71. The van der Waals surface area contributed by atoms with Crippen LogP contribution in [-0.4, -0.2) is 5.91 Å². The highest BCUT2D eigenvalue weighted by Gasteiger charge is 2.12.